The molecule has 12 heavy (non-hydrogen) atoms. The number of carbonyl (C=O) groups is 1. The Morgan fingerprint density at radius 3 is 2.08 bits per heavy atom. The second-order valence-electron chi connectivity index (χ2n) is 2.78. The molecule has 0 spiro atoms. The summed E-state index contributed by atoms with van der Waals surface area (Å²) in [7, 11) is 0. The summed E-state index contributed by atoms with van der Waals surface area (Å²) in [5.41, 5.74) is 5.03. The average Bonchev–Trinajstić information content (AvgIpc) is 2.07. The van der Waals surface area contributed by atoms with Crippen molar-refractivity contribution in [2.45, 2.75) is 20.3 Å². The van der Waals surface area contributed by atoms with Crippen LogP contribution in [0.2, 0.25) is 0 Å². The molecule has 0 aromatic heterocycles. The molecule has 2 amide bonds. The number of urea groups is 1. The van der Waals surface area contributed by atoms with Gasteiger partial charge in [0, 0.05) is 26.2 Å². The first-order valence-electron chi connectivity index (χ1n) is 4.47. The number of carbonyl (C=O) groups excluding carboxylic acids is 1. The number of nitrogens with zero attached hydrogens (tertiary/aromatic N) is 1. The zero-order valence-corrected chi connectivity index (χ0v) is 7.97. The van der Waals surface area contributed by atoms with Crippen molar-refractivity contribution in [1.29, 1.82) is 0 Å². The van der Waals surface area contributed by atoms with Crippen LogP contribution >= 0.6 is 0 Å². The summed E-state index contributed by atoms with van der Waals surface area (Å²) in [4.78, 5) is 12.1. The number of amides is 2. The lowest BCUT2D eigenvalue weighted by Crippen LogP contribution is -2.48. The van der Waals surface area contributed by atoms with Gasteiger partial charge < -0.3 is 16.0 Å². The quantitative estimate of drug-likeness (QED) is 0.556. The fourth-order valence-electron chi connectivity index (χ4n) is 0.885. The molecule has 1 heterocycles. The summed E-state index contributed by atoms with van der Waals surface area (Å²) >= 11 is 0. The lowest BCUT2D eigenvalue weighted by molar-refractivity contribution is 0.200. The highest BCUT2D eigenvalue weighted by molar-refractivity contribution is 5.72. The van der Waals surface area contributed by atoms with Crippen molar-refractivity contribution in [2.75, 3.05) is 26.2 Å². The lowest BCUT2D eigenvalue weighted by atomic mass is 10.4. The zero-order valence-electron chi connectivity index (χ0n) is 7.97. The predicted molar refractivity (Wildman–Crippen MR) is 50.0 cm³/mol. The first-order chi connectivity index (χ1) is 5.72. The largest absolute Gasteiger partial charge is 0.351 e. The minimum absolute atomic E-state index is 0.309. The zero-order chi connectivity index (χ0) is 9.40. The van der Waals surface area contributed by atoms with Crippen molar-refractivity contribution in [2.24, 2.45) is 5.73 Å². The third-order valence-electron chi connectivity index (χ3n) is 1.43. The molecule has 1 aliphatic rings. The Labute approximate surface area is 74.1 Å². The van der Waals surface area contributed by atoms with Crippen molar-refractivity contribution in [1.82, 2.24) is 10.2 Å². The van der Waals surface area contributed by atoms with E-state index in [0.717, 1.165) is 26.2 Å². The Balaban J connectivity index is 0.000000354. The minimum atomic E-state index is -0.309. The number of nitrogens with two attached hydrogens (primary N) is 1. The molecule has 3 N–H and O–H groups in total. The Bertz CT molecular complexity index is 121. The van der Waals surface area contributed by atoms with Crippen LogP contribution in [-0.4, -0.2) is 37.1 Å². The summed E-state index contributed by atoms with van der Waals surface area (Å²) in [6.45, 7) is 7.47. The smallest absolute Gasteiger partial charge is 0.314 e. The number of hydrogen-bond donors (Lipinski definition) is 2. The van der Waals surface area contributed by atoms with Gasteiger partial charge in [-0.05, 0) is 0 Å². The number of rotatable bonds is 0. The van der Waals surface area contributed by atoms with Gasteiger partial charge in [0.15, 0.2) is 0 Å². The highest BCUT2D eigenvalue weighted by Gasteiger charge is 2.11. The molecule has 1 rings (SSSR count). The normalized spacial score (nSPS) is 16.3. The Morgan fingerprint density at radius 2 is 1.83 bits per heavy atom. The third-order valence-corrected chi connectivity index (χ3v) is 1.43. The summed E-state index contributed by atoms with van der Waals surface area (Å²) in [6.07, 6.45) is 1.25. The molecule has 0 radical (unpaired) electrons. The van der Waals surface area contributed by atoms with Crippen LogP contribution in [0.4, 0.5) is 4.79 Å². The second-order valence-corrected chi connectivity index (χ2v) is 2.78. The molecule has 0 bridgehead atoms. The molecule has 0 aromatic carbocycles. The topological polar surface area (TPSA) is 58.4 Å². The molecule has 4 heteroatoms. The Morgan fingerprint density at radius 1 is 1.42 bits per heavy atom. The molecule has 0 unspecified atom stereocenters. The molecular formula is C8H19N3O. The van der Waals surface area contributed by atoms with E-state index in [-0.39, 0.29) is 6.03 Å². The molecule has 4 nitrogen and oxygen atoms in total. The van der Waals surface area contributed by atoms with E-state index < -0.39 is 0 Å². The average molecular weight is 173 g/mol. The minimum Gasteiger partial charge on any atom is -0.351 e. The fraction of sp³-hybridized carbons (Fsp3) is 0.875. The summed E-state index contributed by atoms with van der Waals surface area (Å²) < 4.78 is 0. The van der Waals surface area contributed by atoms with Gasteiger partial charge in [-0.2, -0.15) is 0 Å². The molecule has 0 atom stereocenters. The van der Waals surface area contributed by atoms with E-state index in [1.807, 2.05) is 0 Å². The molecule has 1 aliphatic heterocycles. The standard InChI is InChI=1S/C5H11N3O.C3H8/c6-5(9)8-3-1-7-2-4-8;1-3-2/h7H,1-4H2,(H2,6,9);3H2,1-2H3. The number of piperazine rings is 1. The van der Waals surface area contributed by atoms with Gasteiger partial charge in [0.25, 0.3) is 0 Å². The lowest BCUT2D eigenvalue weighted by Gasteiger charge is -2.25. The molecule has 1 saturated heterocycles. The van der Waals surface area contributed by atoms with E-state index in [2.05, 4.69) is 19.2 Å². The van der Waals surface area contributed by atoms with Crippen LogP contribution in [0.5, 0.6) is 0 Å². The highest BCUT2D eigenvalue weighted by Crippen LogP contribution is 1.89. The number of primary amides is 1. The van der Waals surface area contributed by atoms with E-state index >= 15 is 0 Å². The molecule has 0 saturated carbocycles. The monoisotopic (exact) mass is 173 g/mol. The van der Waals surface area contributed by atoms with Gasteiger partial charge in [0.2, 0.25) is 0 Å². The van der Waals surface area contributed by atoms with Crippen LogP contribution in [-0.2, 0) is 0 Å². The molecule has 0 aromatic rings. The molecule has 0 aliphatic carbocycles. The number of nitrogens with one attached hydrogen (secondary N) is 1. The Hall–Kier alpha value is -0.770. The van der Waals surface area contributed by atoms with Crippen molar-refractivity contribution in [3.05, 3.63) is 0 Å². The van der Waals surface area contributed by atoms with E-state index in [4.69, 9.17) is 5.73 Å². The van der Waals surface area contributed by atoms with Crippen LogP contribution in [0.1, 0.15) is 20.3 Å². The van der Waals surface area contributed by atoms with Crippen molar-refractivity contribution in [3.8, 4) is 0 Å². The van der Waals surface area contributed by atoms with Gasteiger partial charge in [-0.1, -0.05) is 20.3 Å². The maximum absolute atomic E-state index is 10.5. The Kier molecular flexibility index (Phi) is 6.47. The van der Waals surface area contributed by atoms with Crippen molar-refractivity contribution in [3.63, 3.8) is 0 Å². The van der Waals surface area contributed by atoms with E-state index in [0.29, 0.717) is 0 Å². The third kappa shape index (κ3) is 4.96. The van der Waals surface area contributed by atoms with Gasteiger partial charge in [0.05, 0.1) is 0 Å². The SMILES string of the molecule is CCC.NC(=O)N1CCNCC1. The van der Waals surface area contributed by atoms with E-state index in [1.54, 1.807) is 4.90 Å². The van der Waals surface area contributed by atoms with Crippen molar-refractivity contribution < 1.29 is 4.79 Å². The van der Waals surface area contributed by atoms with Crippen LogP contribution in [0, 0.1) is 0 Å². The van der Waals surface area contributed by atoms with Crippen LogP contribution in [0.15, 0.2) is 0 Å². The predicted octanol–water partition coefficient (Wildman–Crippen LogP) is 0.387. The van der Waals surface area contributed by atoms with E-state index in [1.165, 1.54) is 6.42 Å². The van der Waals surface area contributed by atoms with Crippen LogP contribution in [0.25, 0.3) is 0 Å². The van der Waals surface area contributed by atoms with Gasteiger partial charge in [-0.15, -0.1) is 0 Å². The maximum atomic E-state index is 10.5. The summed E-state index contributed by atoms with van der Waals surface area (Å²) in [6, 6.07) is -0.309. The van der Waals surface area contributed by atoms with Gasteiger partial charge in [0.1, 0.15) is 0 Å². The summed E-state index contributed by atoms with van der Waals surface area (Å²) in [5, 5.41) is 3.12. The van der Waals surface area contributed by atoms with Crippen molar-refractivity contribution >= 4 is 6.03 Å². The van der Waals surface area contributed by atoms with Crippen LogP contribution < -0.4 is 11.1 Å². The second kappa shape index (κ2) is 6.91. The number of hydrogen-bond acceptors (Lipinski definition) is 2. The van der Waals surface area contributed by atoms with E-state index in [9.17, 15) is 4.79 Å². The van der Waals surface area contributed by atoms with Gasteiger partial charge in [-0.25, -0.2) is 4.79 Å². The fourth-order valence-corrected chi connectivity index (χ4v) is 0.885. The van der Waals surface area contributed by atoms with Crippen LogP contribution in [0.3, 0.4) is 0 Å². The first kappa shape index (κ1) is 11.2. The highest BCUT2D eigenvalue weighted by atomic mass is 16.2. The van der Waals surface area contributed by atoms with Gasteiger partial charge >= 0.3 is 6.03 Å². The maximum Gasteiger partial charge on any atom is 0.314 e. The first-order valence-corrected chi connectivity index (χ1v) is 4.47. The molecular weight excluding hydrogens is 154 g/mol. The molecule has 1 fully saturated rings. The molecule has 72 valence electrons. The summed E-state index contributed by atoms with van der Waals surface area (Å²) in [5.74, 6) is 0. The van der Waals surface area contributed by atoms with Gasteiger partial charge in [-0.3, -0.25) is 0 Å².